The van der Waals surface area contributed by atoms with E-state index in [4.69, 9.17) is 23.2 Å². The van der Waals surface area contributed by atoms with Crippen molar-refractivity contribution in [2.45, 2.75) is 6.54 Å². The summed E-state index contributed by atoms with van der Waals surface area (Å²) in [5.41, 5.74) is 0.580. The molecular formula is C15H13Cl2NO4S. The van der Waals surface area contributed by atoms with Gasteiger partial charge in [-0.2, -0.15) is 0 Å². The normalized spacial score (nSPS) is 11.3. The molecule has 0 aromatic heterocycles. The third kappa shape index (κ3) is 4.16. The lowest BCUT2D eigenvalue weighted by Crippen LogP contribution is -2.30. The van der Waals surface area contributed by atoms with Gasteiger partial charge in [-0.05, 0) is 29.8 Å². The molecule has 0 heterocycles. The van der Waals surface area contributed by atoms with Gasteiger partial charge in [-0.15, -0.1) is 0 Å². The van der Waals surface area contributed by atoms with E-state index < -0.39 is 16.0 Å². The lowest BCUT2D eigenvalue weighted by molar-refractivity contribution is 0.0697. The summed E-state index contributed by atoms with van der Waals surface area (Å²) in [6, 6.07) is 10.7. The Kier molecular flexibility index (Phi) is 5.19. The van der Waals surface area contributed by atoms with Crippen LogP contribution >= 0.6 is 23.2 Å². The van der Waals surface area contributed by atoms with Gasteiger partial charge in [0.2, 0.25) is 10.0 Å². The van der Waals surface area contributed by atoms with Crippen molar-refractivity contribution in [3.8, 4) is 0 Å². The van der Waals surface area contributed by atoms with Gasteiger partial charge in [0.05, 0.1) is 34.1 Å². The summed E-state index contributed by atoms with van der Waals surface area (Å²) in [6.45, 7) is -0.0555. The molecule has 5 nitrogen and oxygen atoms in total. The zero-order valence-corrected chi connectivity index (χ0v) is 14.4. The Balaban J connectivity index is 2.51. The van der Waals surface area contributed by atoms with Crippen LogP contribution in [0.15, 0.2) is 42.5 Å². The first kappa shape index (κ1) is 17.6. The van der Waals surface area contributed by atoms with Gasteiger partial charge in [0.15, 0.2) is 0 Å². The predicted octanol–water partition coefficient (Wildman–Crippen LogP) is 3.66. The number of hydrogen-bond acceptors (Lipinski definition) is 3. The van der Waals surface area contributed by atoms with E-state index >= 15 is 0 Å². The maximum Gasteiger partial charge on any atom is 0.337 e. The van der Waals surface area contributed by atoms with E-state index in [1.807, 2.05) is 0 Å². The van der Waals surface area contributed by atoms with Crippen molar-refractivity contribution in [3.63, 3.8) is 0 Å². The van der Waals surface area contributed by atoms with Crippen molar-refractivity contribution in [2.75, 3.05) is 10.6 Å². The smallest absolute Gasteiger partial charge is 0.337 e. The zero-order valence-electron chi connectivity index (χ0n) is 12.0. The van der Waals surface area contributed by atoms with E-state index in [9.17, 15) is 18.3 Å². The van der Waals surface area contributed by atoms with Crippen LogP contribution in [-0.2, 0) is 16.6 Å². The van der Waals surface area contributed by atoms with Crippen molar-refractivity contribution >= 4 is 44.9 Å². The minimum Gasteiger partial charge on any atom is -0.478 e. The van der Waals surface area contributed by atoms with Crippen LogP contribution in [0.4, 0.5) is 5.69 Å². The van der Waals surface area contributed by atoms with Crippen molar-refractivity contribution < 1.29 is 18.3 Å². The first-order valence-corrected chi connectivity index (χ1v) is 9.04. The summed E-state index contributed by atoms with van der Waals surface area (Å²) in [4.78, 5) is 11.3. The van der Waals surface area contributed by atoms with Crippen molar-refractivity contribution in [2.24, 2.45) is 0 Å². The van der Waals surface area contributed by atoms with Crippen molar-refractivity contribution in [3.05, 3.63) is 63.6 Å². The third-order valence-electron chi connectivity index (χ3n) is 3.11. The Hall–Kier alpha value is -1.76. The average molecular weight is 374 g/mol. The molecule has 8 heteroatoms. The summed E-state index contributed by atoms with van der Waals surface area (Å²) >= 11 is 11.8. The second-order valence-corrected chi connectivity index (χ2v) is 7.56. The second-order valence-electron chi connectivity index (χ2n) is 4.84. The Labute approximate surface area is 144 Å². The van der Waals surface area contributed by atoms with Gasteiger partial charge in [0.25, 0.3) is 0 Å². The number of sulfonamides is 1. The minimum atomic E-state index is -3.70. The molecule has 0 aliphatic carbocycles. The first-order valence-electron chi connectivity index (χ1n) is 6.44. The highest BCUT2D eigenvalue weighted by molar-refractivity contribution is 7.92. The molecule has 0 aliphatic rings. The van der Waals surface area contributed by atoms with Gasteiger partial charge >= 0.3 is 5.97 Å². The molecule has 0 saturated heterocycles. The standard InChI is InChI=1S/C15H13Cl2NO4S/c1-23(21,22)18(9-10-6-7-12(16)13(17)8-10)14-5-3-2-4-11(14)15(19)20/h2-8H,9H2,1H3,(H,19,20). The number of anilines is 1. The lowest BCUT2D eigenvalue weighted by Gasteiger charge is -2.24. The molecule has 2 aromatic rings. The number of carboxylic acid groups (broad SMARTS) is 1. The van der Waals surface area contributed by atoms with Crippen LogP contribution in [0.2, 0.25) is 10.0 Å². The van der Waals surface area contributed by atoms with E-state index in [0.717, 1.165) is 10.6 Å². The zero-order chi connectivity index (χ0) is 17.2. The number of halogens is 2. The number of hydrogen-bond donors (Lipinski definition) is 1. The molecule has 0 aliphatic heterocycles. The molecule has 0 unspecified atom stereocenters. The van der Waals surface area contributed by atoms with Crippen LogP contribution in [0.5, 0.6) is 0 Å². The molecule has 0 radical (unpaired) electrons. The van der Waals surface area contributed by atoms with Crippen molar-refractivity contribution in [1.82, 2.24) is 0 Å². The molecule has 1 N–H and O–H groups in total. The summed E-state index contributed by atoms with van der Waals surface area (Å²) in [6.07, 6.45) is 1.02. The van der Waals surface area contributed by atoms with Gasteiger partial charge in [-0.1, -0.05) is 41.4 Å². The summed E-state index contributed by atoms with van der Waals surface area (Å²) in [7, 11) is -3.70. The molecule has 2 aromatic carbocycles. The quantitative estimate of drug-likeness (QED) is 0.867. The number of benzene rings is 2. The topological polar surface area (TPSA) is 74.7 Å². The molecule has 122 valence electrons. The summed E-state index contributed by atoms with van der Waals surface area (Å²) in [5, 5.41) is 9.92. The van der Waals surface area contributed by atoms with Gasteiger partial charge in [0.1, 0.15) is 0 Å². The summed E-state index contributed by atoms with van der Waals surface area (Å²) < 4.78 is 25.3. The number of rotatable bonds is 5. The highest BCUT2D eigenvalue weighted by Gasteiger charge is 2.23. The number of nitrogens with zero attached hydrogens (tertiary/aromatic N) is 1. The fourth-order valence-electron chi connectivity index (χ4n) is 2.06. The molecule has 0 fully saturated rings. The highest BCUT2D eigenvalue weighted by Crippen LogP contribution is 2.28. The molecule has 0 spiro atoms. The molecule has 2 rings (SSSR count). The Morgan fingerprint density at radius 2 is 1.78 bits per heavy atom. The second kappa shape index (κ2) is 6.78. The largest absolute Gasteiger partial charge is 0.478 e. The molecule has 0 saturated carbocycles. The molecular weight excluding hydrogens is 361 g/mol. The van der Waals surface area contributed by atoms with E-state index in [1.165, 1.54) is 18.2 Å². The monoisotopic (exact) mass is 373 g/mol. The molecule has 0 bridgehead atoms. The van der Waals surface area contributed by atoms with E-state index in [2.05, 4.69) is 0 Å². The van der Waals surface area contributed by atoms with E-state index in [0.29, 0.717) is 15.6 Å². The third-order valence-corrected chi connectivity index (χ3v) is 4.98. The highest BCUT2D eigenvalue weighted by atomic mass is 35.5. The van der Waals surface area contributed by atoms with Gasteiger partial charge in [0, 0.05) is 0 Å². The van der Waals surface area contributed by atoms with Crippen LogP contribution in [0.3, 0.4) is 0 Å². The number of aromatic carboxylic acids is 1. The van der Waals surface area contributed by atoms with Gasteiger partial charge < -0.3 is 5.11 Å². The minimum absolute atomic E-state index is 0.0555. The predicted molar refractivity (Wildman–Crippen MR) is 90.9 cm³/mol. The maximum absolute atomic E-state index is 12.1. The Bertz CT molecular complexity index is 852. The van der Waals surface area contributed by atoms with E-state index in [-0.39, 0.29) is 17.8 Å². The maximum atomic E-state index is 12.1. The summed E-state index contributed by atoms with van der Waals surface area (Å²) in [5.74, 6) is -1.21. The molecule has 0 atom stereocenters. The SMILES string of the molecule is CS(=O)(=O)N(Cc1ccc(Cl)c(Cl)c1)c1ccccc1C(=O)O. The Morgan fingerprint density at radius 3 is 2.35 bits per heavy atom. The van der Waals surface area contributed by atoms with Crippen LogP contribution < -0.4 is 4.31 Å². The lowest BCUT2D eigenvalue weighted by atomic mass is 10.1. The van der Waals surface area contributed by atoms with Gasteiger partial charge in [-0.25, -0.2) is 13.2 Å². The number of carbonyl (C=O) groups is 1. The molecule has 23 heavy (non-hydrogen) atoms. The fourth-order valence-corrected chi connectivity index (χ4v) is 3.28. The number of para-hydroxylation sites is 1. The van der Waals surface area contributed by atoms with Crippen LogP contribution in [0.1, 0.15) is 15.9 Å². The Morgan fingerprint density at radius 1 is 1.13 bits per heavy atom. The fraction of sp³-hybridized carbons (Fsp3) is 0.133. The number of carboxylic acids is 1. The van der Waals surface area contributed by atoms with Crippen LogP contribution in [0.25, 0.3) is 0 Å². The van der Waals surface area contributed by atoms with E-state index in [1.54, 1.807) is 24.3 Å². The van der Waals surface area contributed by atoms with Crippen LogP contribution in [-0.4, -0.2) is 25.7 Å². The average Bonchev–Trinajstić information content (AvgIpc) is 2.47. The van der Waals surface area contributed by atoms with Crippen LogP contribution in [0, 0.1) is 0 Å². The first-order chi connectivity index (χ1) is 10.7. The molecule has 0 amide bonds. The van der Waals surface area contributed by atoms with Crippen molar-refractivity contribution in [1.29, 1.82) is 0 Å². The van der Waals surface area contributed by atoms with Gasteiger partial charge in [-0.3, -0.25) is 4.31 Å².